The first-order valence-corrected chi connectivity index (χ1v) is 11.7. The molecule has 1 aromatic heterocycles. The molecule has 30 heavy (non-hydrogen) atoms. The molecule has 0 aliphatic heterocycles. The summed E-state index contributed by atoms with van der Waals surface area (Å²) in [5.74, 6) is 1.04. The highest BCUT2D eigenvalue weighted by molar-refractivity contribution is 7.13. The predicted octanol–water partition coefficient (Wildman–Crippen LogP) is 5.43. The van der Waals surface area contributed by atoms with Gasteiger partial charge in [0, 0.05) is 11.4 Å². The minimum absolute atomic E-state index is 0.203. The van der Waals surface area contributed by atoms with Crippen LogP contribution in [0, 0.1) is 0 Å². The fraction of sp³-hybridized carbons (Fsp3) is 0.360. The molecule has 5 heteroatoms. The van der Waals surface area contributed by atoms with Crippen LogP contribution in [0.4, 0.5) is 0 Å². The zero-order valence-electron chi connectivity index (χ0n) is 17.2. The fourth-order valence-corrected chi connectivity index (χ4v) is 5.34. The monoisotopic (exact) mass is 418 g/mol. The summed E-state index contributed by atoms with van der Waals surface area (Å²) in [4.78, 5) is 20.3. The molecule has 0 bridgehead atoms. The third kappa shape index (κ3) is 3.74. The molecule has 3 aromatic rings. The number of hydrogen-bond acceptors (Lipinski definition) is 4. The van der Waals surface area contributed by atoms with Gasteiger partial charge in [-0.1, -0.05) is 36.4 Å². The number of benzene rings is 2. The molecular weight excluding hydrogens is 392 g/mol. The van der Waals surface area contributed by atoms with Gasteiger partial charge in [0.2, 0.25) is 5.91 Å². The number of fused-ring (bicyclic) bond motifs is 1. The van der Waals surface area contributed by atoms with Crippen LogP contribution < -0.4 is 4.74 Å². The average Bonchev–Trinajstić information content (AvgIpc) is 3.33. The Balaban J connectivity index is 1.36. The van der Waals surface area contributed by atoms with Gasteiger partial charge in [-0.3, -0.25) is 4.79 Å². The van der Waals surface area contributed by atoms with E-state index in [4.69, 9.17) is 9.72 Å². The molecule has 1 fully saturated rings. The maximum atomic E-state index is 13.4. The van der Waals surface area contributed by atoms with Crippen LogP contribution >= 0.6 is 11.3 Å². The van der Waals surface area contributed by atoms with Gasteiger partial charge in [0.25, 0.3) is 0 Å². The summed E-state index contributed by atoms with van der Waals surface area (Å²) in [7, 11) is 0. The van der Waals surface area contributed by atoms with Gasteiger partial charge in [-0.15, -0.1) is 11.3 Å². The number of thiazole rings is 1. The number of ether oxygens (including phenoxy) is 1. The number of carbonyl (C=O) groups excluding carboxylic acids is 1. The lowest BCUT2D eigenvalue weighted by molar-refractivity contribution is -0.133. The number of amides is 1. The summed E-state index contributed by atoms with van der Waals surface area (Å²) >= 11 is 1.58. The van der Waals surface area contributed by atoms with Crippen LogP contribution in [0.25, 0.3) is 10.6 Å². The third-order valence-corrected chi connectivity index (χ3v) is 6.89. The first-order chi connectivity index (χ1) is 14.7. The van der Waals surface area contributed by atoms with Gasteiger partial charge in [0.05, 0.1) is 30.3 Å². The van der Waals surface area contributed by atoms with Gasteiger partial charge >= 0.3 is 0 Å². The Kier molecular flexibility index (Phi) is 5.30. The fourth-order valence-electron chi connectivity index (χ4n) is 4.49. The van der Waals surface area contributed by atoms with Crippen molar-refractivity contribution in [2.24, 2.45) is 0 Å². The lowest BCUT2D eigenvalue weighted by atomic mass is 10.1. The smallest absolute Gasteiger partial charge is 0.229 e. The van der Waals surface area contributed by atoms with Crippen LogP contribution in [0.1, 0.15) is 49.0 Å². The molecule has 0 saturated heterocycles. The van der Waals surface area contributed by atoms with Gasteiger partial charge in [0.1, 0.15) is 10.8 Å². The predicted molar refractivity (Wildman–Crippen MR) is 120 cm³/mol. The van der Waals surface area contributed by atoms with E-state index in [0.29, 0.717) is 19.1 Å². The molecule has 0 spiro atoms. The van der Waals surface area contributed by atoms with E-state index >= 15 is 0 Å². The summed E-state index contributed by atoms with van der Waals surface area (Å²) < 4.78 is 5.75. The topological polar surface area (TPSA) is 42.4 Å². The number of rotatable bonds is 7. The molecule has 1 unspecified atom stereocenters. The molecular formula is C25H26N2O2S. The van der Waals surface area contributed by atoms with Crippen LogP contribution in [0.2, 0.25) is 0 Å². The van der Waals surface area contributed by atoms with Crippen LogP contribution in [0.15, 0.2) is 53.9 Å². The number of aryl methyl sites for hydroxylation is 1. The van der Waals surface area contributed by atoms with Crippen molar-refractivity contribution in [1.29, 1.82) is 0 Å². The molecule has 0 radical (unpaired) electrons. The van der Waals surface area contributed by atoms with Gasteiger partial charge < -0.3 is 9.64 Å². The average molecular weight is 419 g/mol. The Morgan fingerprint density at radius 3 is 2.77 bits per heavy atom. The van der Waals surface area contributed by atoms with E-state index in [0.717, 1.165) is 47.7 Å². The summed E-state index contributed by atoms with van der Waals surface area (Å²) in [6, 6.07) is 17.2. The highest BCUT2D eigenvalue weighted by atomic mass is 32.1. The van der Waals surface area contributed by atoms with E-state index in [1.165, 1.54) is 11.1 Å². The molecule has 1 amide bonds. The van der Waals surface area contributed by atoms with Crippen LogP contribution in [-0.4, -0.2) is 28.4 Å². The minimum atomic E-state index is 0.203. The Labute approximate surface area is 181 Å². The minimum Gasteiger partial charge on any atom is -0.493 e. The third-order valence-electron chi connectivity index (χ3n) is 5.97. The second kappa shape index (κ2) is 8.23. The number of nitrogens with zero attached hydrogens (tertiary/aromatic N) is 2. The van der Waals surface area contributed by atoms with Crippen LogP contribution in [-0.2, 0) is 17.6 Å². The summed E-state index contributed by atoms with van der Waals surface area (Å²) in [5, 5.41) is 2.93. The summed E-state index contributed by atoms with van der Waals surface area (Å²) in [6.45, 7) is 2.60. The molecule has 0 N–H and O–H groups in total. The van der Waals surface area contributed by atoms with E-state index in [1.54, 1.807) is 11.3 Å². The molecule has 1 atom stereocenters. The summed E-state index contributed by atoms with van der Waals surface area (Å²) in [6.07, 6.45) is 4.70. The lowest BCUT2D eigenvalue weighted by Gasteiger charge is -2.30. The summed E-state index contributed by atoms with van der Waals surface area (Å²) in [5.41, 5.74) is 4.57. The van der Waals surface area contributed by atoms with Gasteiger partial charge in [-0.05, 0) is 55.9 Å². The van der Waals surface area contributed by atoms with Crippen molar-refractivity contribution < 1.29 is 9.53 Å². The zero-order chi connectivity index (χ0) is 20.5. The second-order valence-corrected chi connectivity index (χ2v) is 8.89. The van der Waals surface area contributed by atoms with E-state index in [9.17, 15) is 4.79 Å². The Morgan fingerprint density at radius 2 is 1.93 bits per heavy atom. The standard InChI is InChI=1S/C25H26N2O2S/c1-2-29-23-10-6-5-9-21(23)25-26-18(16-30-25)15-24(28)27(19-12-13-19)22-14-11-17-7-3-4-8-20(17)22/h3-10,16,19,22H,2,11-15H2,1H3. The van der Waals surface area contributed by atoms with Crippen molar-refractivity contribution >= 4 is 17.2 Å². The normalized spacial score (nSPS) is 17.6. The van der Waals surface area contributed by atoms with E-state index in [-0.39, 0.29) is 11.9 Å². The number of hydrogen-bond donors (Lipinski definition) is 0. The molecule has 154 valence electrons. The molecule has 2 aliphatic carbocycles. The molecule has 1 saturated carbocycles. The second-order valence-electron chi connectivity index (χ2n) is 8.04. The quantitative estimate of drug-likeness (QED) is 0.514. The van der Waals surface area contributed by atoms with Crippen molar-refractivity contribution in [2.45, 2.75) is 51.1 Å². The first-order valence-electron chi connectivity index (χ1n) is 10.8. The SMILES string of the molecule is CCOc1ccccc1-c1nc(CC(=O)N(C2CC2)C2CCc3ccccc32)cs1. The maximum Gasteiger partial charge on any atom is 0.229 e. The molecule has 5 rings (SSSR count). The molecule has 1 heterocycles. The maximum absolute atomic E-state index is 13.4. The highest BCUT2D eigenvalue weighted by Gasteiger charge is 2.40. The van der Waals surface area contributed by atoms with Gasteiger partial charge in [-0.2, -0.15) is 0 Å². The van der Waals surface area contributed by atoms with E-state index < -0.39 is 0 Å². The van der Waals surface area contributed by atoms with Crippen molar-refractivity contribution in [3.05, 3.63) is 70.7 Å². The van der Waals surface area contributed by atoms with Crippen molar-refractivity contribution in [3.8, 4) is 16.3 Å². The van der Waals surface area contributed by atoms with Gasteiger partial charge in [0.15, 0.2) is 0 Å². The zero-order valence-corrected chi connectivity index (χ0v) is 18.0. The Bertz CT molecular complexity index is 1060. The van der Waals surface area contributed by atoms with Crippen molar-refractivity contribution in [1.82, 2.24) is 9.88 Å². The van der Waals surface area contributed by atoms with Crippen LogP contribution in [0.3, 0.4) is 0 Å². The van der Waals surface area contributed by atoms with Gasteiger partial charge in [-0.25, -0.2) is 4.98 Å². The Hall–Kier alpha value is -2.66. The first kappa shape index (κ1) is 19.3. The highest BCUT2D eigenvalue weighted by Crippen LogP contribution is 2.42. The van der Waals surface area contributed by atoms with Crippen LogP contribution in [0.5, 0.6) is 5.75 Å². The largest absolute Gasteiger partial charge is 0.493 e. The molecule has 4 nitrogen and oxygen atoms in total. The number of para-hydroxylation sites is 1. The number of aromatic nitrogens is 1. The van der Waals surface area contributed by atoms with E-state index in [1.807, 2.05) is 36.6 Å². The van der Waals surface area contributed by atoms with Crippen molar-refractivity contribution in [2.75, 3.05) is 6.61 Å². The molecule has 2 aliphatic rings. The van der Waals surface area contributed by atoms with E-state index in [2.05, 4.69) is 29.2 Å². The lowest BCUT2D eigenvalue weighted by Crippen LogP contribution is -2.37. The Morgan fingerprint density at radius 1 is 1.13 bits per heavy atom. The molecule has 2 aromatic carbocycles. The van der Waals surface area contributed by atoms with Crippen molar-refractivity contribution in [3.63, 3.8) is 0 Å². The number of carbonyl (C=O) groups is 1.